The maximum atomic E-state index is 12.7. The highest BCUT2D eigenvalue weighted by molar-refractivity contribution is 7.92. The van der Waals surface area contributed by atoms with Crippen LogP contribution in [0.2, 0.25) is 0 Å². The lowest BCUT2D eigenvalue weighted by atomic mass is 10.1. The summed E-state index contributed by atoms with van der Waals surface area (Å²) in [6.45, 7) is 5.69. The second-order valence-corrected chi connectivity index (χ2v) is 7.77. The molecule has 0 aliphatic carbocycles. The average Bonchev–Trinajstić information content (AvgIpc) is 2.55. The number of carbonyl (C=O) groups excluding carboxylic acids is 1. The molecule has 25 heavy (non-hydrogen) atoms. The van der Waals surface area contributed by atoms with Crippen LogP contribution >= 0.6 is 0 Å². The fourth-order valence-electron chi connectivity index (χ4n) is 2.56. The van der Waals surface area contributed by atoms with Crippen LogP contribution in [0.15, 0.2) is 53.4 Å². The highest BCUT2D eigenvalue weighted by Crippen LogP contribution is 2.21. The minimum absolute atomic E-state index is 0.0429. The standard InChI is InChI=1S/C19H24N2O3S/c1-4-8-15(3)20-19(22)16-12-11-14(2)18(13-16)25(23,24)21-17-9-6-5-7-10-17/h5-7,9-13,15,21H,4,8H2,1-3H3,(H,20,22)/t15-/m0/s1. The quantitative estimate of drug-likeness (QED) is 0.790. The van der Waals surface area contributed by atoms with Gasteiger partial charge >= 0.3 is 0 Å². The van der Waals surface area contributed by atoms with E-state index in [0.29, 0.717) is 16.8 Å². The monoisotopic (exact) mass is 360 g/mol. The zero-order valence-corrected chi connectivity index (χ0v) is 15.6. The fourth-order valence-corrected chi connectivity index (χ4v) is 3.89. The molecule has 5 nitrogen and oxygen atoms in total. The molecule has 0 saturated heterocycles. The van der Waals surface area contributed by atoms with E-state index in [2.05, 4.69) is 17.0 Å². The average molecular weight is 360 g/mol. The number of hydrogen-bond donors (Lipinski definition) is 2. The molecule has 0 spiro atoms. The van der Waals surface area contributed by atoms with Gasteiger partial charge in [-0.05, 0) is 50.1 Å². The molecule has 0 bridgehead atoms. The third kappa shape index (κ3) is 5.06. The summed E-state index contributed by atoms with van der Waals surface area (Å²) in [6, 6.07) is 13.4. The van der Waals surface area contributed by atoms with E-state index < -0.39 is 10.0 Å². The summed E-state index contributed by atoms with van der Waals surface area (Å²) in [5.74, 6) is -0.267. The first kappa shape index (κ1) is 19.0. The molecular formula is C19H24N2O3S. The molecule has 1 amide bonds. The van der Waals surface area contributed by atoms with Crippen molar-refractivity contribution in [3.8, 4) is 0 Å². The Hall–Kier alpha value is -2.34. The number of sulfonamides is 1. The number of nitrogens with one attached hydrogen (secondary N) is 2. The molecule has 0 aliphatic rings. The largest absolute Gasteiger partial charge is 0.350 e. The van der Waals surface area contributed by atoms with Gasteiger partial charge in [-0.15, -0.1) is 0 Å². The van der Waals surface area contributed by atoms with Crippen molar-refractivity contribution < 1.29 is 13.2 Å². The van der Waals surface area contributed by atoms with E-state index in [9.17, 15) is 13.2 Å². The van der Waals surface area contributed by atoms with Gasteiger partial charge in [-0.3, -0.25) is 9.52 Å². The number of para-hydroxylation sites is 1. The number of benzene rings is 2. The molecule has 6 heteroatoms. The van der Waals surface area contributed by atoms with Gasteiger partial charge in [0.2, 0.25) is 0 Å². The van der Waals surface area contributed by atoms with E-state index in [-0.39, 0.29) is 16.8 Å². The van der Waals surface area contributed by atoms with Gasteiger partial charge in [-0.1, -0.05) is 37.6 Å². The molecule has 0 unspecified atom stereocenters. The highest BCUT2D eigenvalue weighted by atomic mass is 32.2. The summed E-state index contributed by atoms with van der Waals surface area (Å²) in [6.07, 6.45) is 1.84. The predicted molar refractivity (Wildman–Crippen MR) is 100 cm³/mol. The van der Waals surface area contributed by atoms with Crippen molar-refractivity contribution >= 4 is 21.6 Å². The first-order valence-corrected chi connectivity index (χ1v) is 9.81. The third-order valence-electron chi connectivity index (χ3n) is 3.87. The molecule has 134 valence electrons. The van der Waals surface area contributed by atoms with Crippen LogP contribution in [0.1, 0.15) is 42.6 Å². The lowest BCUT2D eigenvalue weighted by molar-refractivity contribution is 0.0938. The van der Waals surface area contributed by atoms with Crippen molar-refractivity contribution in [1.82, 2.24) is 5.32 Å². The van der Waals surface area contributed by atoms with Crippen molar-refractivity contribution in [2.75, 3.05) is 4.72 Å². The maximum Gasteiger partial charge on any atom is 0.262 e. The molecular weight excluding hydrogens is 336 g/mol. The van der Waals surface area contributed by atoms with Crippen LogP contribution in [-0.4, -0.2) is 20.4 Å². The summed E-state index contributed by atoms with van der Waals surface area (Å²) in [7, 11) is -3.77. The van der Waals surface area contributed by atoms with Crippen molar-refractivity contribution in [3.05, 3.63) is 59.7 Å². The maximum absolute atomic E-state index is 12.7. The minimum atomic E-state index is -3.77. The van der Waals surface area contributed by atoms with E-state index in [4.69, 9.17) is 0 Å². The summed E-state index contributed by atoms with van der Waals surface area (Å²) in [4.78, 5) is 12.5. The topological polar surface area (TPSA) is 75.3 Å². The molecule has 2 aromatic carbocycles. The molecule has 0 saturated carbocycles. The third-order valence-corrected chi connectivity index (χ3v) is 5.39. The van der Waals surface area contributed by atoms with E-state index in [1.165, 1.54) is 6.07 Å². The van der Waals surface area contributed by atoms with Crippen LogP contribution in [-0.2, 0) is 10.0 Å². The Morgan fingerprint density at radius 3 is 2.44 bits per heavy atom. The summed E-state index contributed by atoms with van der Waals surface area (Å²) < 4.78 is 27.9. The molecule has 2 rings (SSSR count). The molecule has 0 radical (unpaired) electrons. The van der Waals surface area contributed by atoms with Gasteiger partial charge in [0.1, 0.15) is 0 Å². The van der Waals surface area contributed by atoms with Crippen LogP contribution in [0.5, 0.6) is 0 Å². The molecule has 2 N–H and O–H groups in total. The van der Waals surface area contributed by atoms with Gasteiger partial charge in [0.15, 0.2) is 0 Å². The van der Waals surface area contributed by atoms with Crippen LogP contribution in [0.25, 0.3) is 0 Å². The Kier molecular flexibility index (Phi) is 6.20. The summed E-state index contributed by atoms with van der Waals surface area (Å²) >= 11 is 0. The van der Waals surface area contributed by atoms with Crippen LogP contribution < -0.4 is 10.0 Å². The summed E-state index contributed by atoms with van der Waals surface area (Å²) in [5, 5.41) is 2.89. The number of anilines is 1. The molecule has 0 aromatic heterocycles. The van der Waals surface area contributed by atoms with Gasteiger partial charge in [-0.2, -0.15) is 0 Å². The molecule has 1 atom stereocenters. The Morgan fingerprint density at radius 2 is 1.80 bits per heavy atom. The van der Waals surface area contributed by atoms with Gasteiger partial charge in [-0.25, -0.2) is 8.42 Å². The Bertz CT molecular complexity index is 833. The normalized spacial score (nSPS) is 12.4. The Balaban J connectivity index is 2.27. The van der Waals surface area contributed by atoms with Crippen molar-refractivity contribution in [3.63, 3.8) is 0 Å². The van der Waals surface area contributed by atoms with E-state index in [1.807, 2.05) is 13.0 Å². The smallest absolute Gasteiger partial charge is 0.262 e. The first-order chi connectivity index (χ1) is 11.8. The van der Waals surface area contributed by atoms with Crippen molar-refractivity contribution in [1.29, 1.82) is 0 Å². The van der Waals surface area contributed by atoms with Crippen LogP contribution in [0.3, 0.4) is 0 Å². The predicted octanol–water partition coefficient (Wildman–Crippen LogP) is 3.71. The lowest BCUT2D eigenvalue weighted by Gasteiger charge is -2.15. The number of carbonyl (C=O) groups is 1. The Labute approximate surface area is 149 Å². The van der Waals surface area contributed by atoms with Crippen LogP contribution in [0.4, 0.5) is 5.69 Å². The lowest BCUT2D eigenvalue weighted by Crippen LogP contribution is -2.32. The van der Waals surface area contributed by atoms with Gasteiger partial charge < -0.3 is 5.32 Å². The van der Waals surface area contributed by atoms with E-state index in [0.717, 1.165) is 12.8 Å². The zero-order valence-electron chi connectivity index (χ0n) is 14.7. The van der Waals surface area contributed by atoms with Gasteiger partial charge in [0, 0.05) is 17.3 Å². The minimum Gasteiger partial charge on any atom is -0.350 e. The Morgan fingerprint density at radius 1 is 1.12 bits per heavy atom. The highest BCUT2D eigenvalue weighted by Gasteiger charge is 2.19. The zero-order chi connectivity index (χ0) is 18.4. The fraction of sp³-hybridized carbons (Fsp3) is 0.316. The molecule has 2 aromatic rings. The summed E-state index contributed by atoms with van der Waals surface area (Å²) in [5.41, 5.74) is 1.40. The molecule has 0 heterocycles. The second-order valence-electron chi connectivity index (χ2n) is 6.11. The van der Waals surface area contributed by atoms with Crippen molar-refractivity contribution in [2.45, 2.75) is 44.6 Å². The molecule has 0 fully saturated rings. The SMILES string of the molecule is CCC[C@H](C)NC(=O)c1ccc(C)c(S(=O)(=O)Nc2ccccc2)c1. The number of amides is 1. The van der Waals surface area contributed by atoms with Gasteiger partial charge in [0.05, 0.1) is 4.90 Å². The second kappa shape index (κ2) is 8.16. The number of rotatable bonds is 7. The van der Waals surface area contributed by atoms with E-state index in [1.54, 1.807) is 43.3 Å². The van der Waals surface area contributed by atoms with Crippen molar-refractivity contribution in [2.24, 2.45) is 0 Å². The molecule has 0 aliphatic heterocycles. The number of aryl methyl sites for hydroxylation is 1. The first-order valence-electron chi connectivity index (χ1n) is 8.33. The van der Waals surface area contributed by atoms with Crippen LogP contribution in [0, 0.1) is 6.92 Å². The number of hydrogen-bond acceptors (Lipinski definition) is 3. The van der Waals surface area contributed by atoms with E-state index >= 15 is 0 Å². The van der Waals surface area contributed by atoms with Gasteiger partial charge in [0.25, 0.3) is 15.9 Å².